The van der Waals surface area contributed by atoms with Gasteiger partial charge >= 0.3 is 5.97 Å². The summed E-state index contributed by atoms with van der Waals surface area (Å²) in [6.45, 7) is 4.43. The topological polar surface area (TPSA) is 26.3 Å². The Bertz CT molecular complexity index is 756. The highest BCUT2D eigenvalue weighted by Crippen LogP contribution is 2.38. The number of carbonyl (C=O) groups excluding carboxylic acids is 1. The molecule has 0 bridgehead atoms. The van der Waals surface area contributed by atoms with Gasteiger partial charge in [0.15, 0.2) is 0 Å². The van der Waals surface area contributed by atoms with Gasteiger partial charge in [-0.15, -0.1) is 0 Å². The molecule has 1 aliphatic rings. The number of esters is 1. The predicted octanol–water partition coefficient (Wildman–Crippen LogP) is 7.79. The zero-order valence-electron chi connectivity index (χ0n) is 17.7. The van der Waals surface area contributed by atoms with E-state index in [0.717, 1.165) is 30.6 Å². The summed E-state index contributed by atoms with van der Waals surface area (Å²) in [5, 5.41) is 2.40. The molecule has 2 heteroatoms. The van der Waals surface area contributed by atoms with Crippen molar-refractivity contribution in [3.05, 3.63) is 42.0 Å². The van der Waals surface area contributed by atoms with Crippen LogP contribution in [0.2, 0.25) is 0 Å². The van der Waals surface area contributed by atoms with Crippen LogP contribution in [-0.4, -0.2) is 5.97 Å². The van der Waals surface area contributed by atoms with Crippen LogP contribution in [0.15, 0.2) is 36.4 Å². The molecule has 2 aromatic rings. The summed E-state index contributed by atoms with van der Waals surface area (Å²) in [6.07, 6.45) is 13.2. The van der Waals surface area contributed by atoms with E-state index in [9.17, 15) is 4.79 Å². The van der Waals surface area contributed by atoms with Crippen LogP contribution in [-0.2, 0) is 4.79 Å². The maximum atomic E-state index is 12.0. The minimum absolute atomic E-state index is 0.121. The van der Waals surface area contributed by atoms with E-state index < -0.39 is 0 Å². The number of hydrogen-bond acceptors (Lipinski definition) is 2. The first kappa shape index (κ1) is 20.9. The average molecular weight is 381 g/mol. The Hall–Kier alpha value is -1.83. The Kier molecular flexibility index (Phi) is 7.94. The molecule has 152 valence electrons. The molecule has 0 spiro atoms. The Morgan fingerprint density at radius 1 is 0.893 bits per heavy atom. The standard InChI is InChI=1S/C26H36O2/c1-3-5-7-9-26(27)28-25-17-16-23-18-22(14-15-24(23)19-25)21-12-10-20(11-13-21)8-6-4-2/h14-21H,3-13H2,1-2H3. The van der Waals surface area contributed by atoms with Crippen molar-refractivity contribution in [1.29, 1.82) is 0 Å². The van der Waals surface area contributed by atoms with E-state index in [-0.39, 0.29) is 5.97 Å². The van der Waals surface area contributed by atoms with Crippen molar-refractivity contribution in [3.63, 3.8) is 0 Å². The normalized spacial score (nSPS) is 19.6. The Morgan fingerprint density at radius 2 is 1.61 bits per heavy atom. The number of hydrogen-bond donors (Lipinski definition) is 0. The molecule has 1 saturated carbocycles. The Morgan fingerprint density at radius 3 is 2.36 bits per heavy atom. The van der Waals surface area contributed by atoms with Gasteiger partial charge in [-0.3, -0.25) is 4.79 Å². The number of rotatable bonds is 9. The first-order valence-electron chi connectivity index (χ1n) is 11.4. The second-order valence-corrected chi connectivity index (χ2v) is 8.56. The van der Waals surface area contributed by atoms with Gasteiger partial charge in [0.05, 0.1) is 0 Å². The zero-order valence-corrected chi connectivity index (χ0v) is 17.7. The number of fused-ring (bicyclic) bond motifs is 1. The van der Waals surface area contributed by atoms with Gasteiger partial charge in [0.25, 0.3) is 0 Å². The fourth-order valence-electron chi connectivity index (χ4n) is 4.54. The van der Waals surface area contributed by atoms with Crippen molar-refractivity contribution in [2.24, 2.45) is 5.92 Å². The summed E-state index contributed by atoms with van der Waals surface area (Å²) in [7, 11) is 0. The van der Waals surface area contributed by atoms with E-state index in [1.54, 1.807) is 0 Å². The maximum Gasteiger partial charge on any atom is 0.311 e. The van der Waals surface area contributed by atoms with Crippen molar-refractivity contribution < 1.29 is 9.53 Å². The molecule has 28 heavy (non-hydrogen) atoms. The molecule has 0 atom stereocenters. The van der Waals surface area contributed by atoms with E-state index >= 15 is 0 Å². The number of benzene rings is 2. The van der Waals surface area contributed by atoms with Crippen molar-refractivity contribution in [3.8, 4) is 5.75 Å². The highest BCUT2D eigenvalue weighted by atomic mass is 16.5. The minimum atomic E-state index is -0.121. The second kappa shape index (κ2) is 10.6. The lowest BCUT2D eigenvalue weighted by molar-refractivity contribution is -0.134. The molecule has 0 radical (unpaired) electrons. The van der Waals surface area contributed by atoms with Gasteiger partial charge in [0.1, 0.15) is 5.75 Å². The third-order valence-electron chi connectivity index (χ3n) is 6.34. The van der Waals surface area contributed by atoms with Gasteiger partial charge in [-0.05, 0) is 72.4 Å². The fourth-order valence-corrected chi connectivity index (χ4v) is 4.54. The number of ether oxygens (including phenoxy) is 1. The highest BCUT2D eigenvalue weighted by Gasteiger charge is 2.22. The first-order chi connectivity index (χ1) is 13.7. The SMILES string of the molecule is CCCCCC(=O)Oc1ccc2cc(C3CCC(CCCC)CC3)ccc2c1. The fraction of sp³-hybridized carbons (Fsp3) is 0.577. The molecule has 1 fully saturated rings. The van der Waals surface area contributed by atoms with Gasteiger partial charge in [-0.2, -0.15) is 0 Å². The van der Waals surface area contributed by atoms with Crippen molar-refractivity contribution in [1.82, 2.24) is 0 Å². The van der Waals surface area contributed by atoms with Gasteiger partial charge in [-0.1, -0.05) is 70.2 Å². The minimum Gasteiger partial charge on any atom is -0.427 e. The van der Waals surface area contributed by atoms with Crippen LogP contribution < -0.4 is 4.74 Å². The van der Waals surface area contributed by atoms with Crippen LogP contribution in [0.1, 0.15) is 96.0 Å². The summed E-state index contributed by atoms with van der Waals surface area (Å²) in [5.74, 6) is 2.20. The molecular weight excluding hydrogens is 344 g/mol. The molecule has 0 amide bonds. The Balaban J connectivity index is 1.59. The molecule has 1 aliphatic carbocycles. The van der Waals surface area contributed by atoms with Gasteiger partial charge < -0.3 is 4.74 Å². The predicted molar refractivity (Wildman–Crippen MR) is 118 cm³/mol. The van der Waals surface area contributed by atoms with Gasteiger partial charge in [0.2, 0.25) is 0 Å². The van der Waals surface area contributed by atoms with Crippen molar-refractivity contribution >= 4 is 16.7 Å². The van der Waals surface area contributed by atoms with Crippen molar-refractivity contribution in [2.45, 2.75) is 90.4 Å². The number of carbonyl (C=O) groups is 1. The lowest BCUT2D eigenvalue weighted by Crippen LogP contribution is -2.13. The van der Waals surface area contributed by atoms with Crippen LogP contribution in [0.4, 0.5) is 0 Å². The molecule has 3 rings (SSSR count). The largest absolute Gasteiger partial charge is 0.427 e. The van der Waals surface area contributed by atoms with Crippen LogP contribution in [0.3, 0.4) is 0 Å². The second-order valence-electron chi connectivity index (χ2n) is 8.56. The Labute approximate surface area is 170 Å². The summed E-state index contributed by atoms with van der Waals surface area (Å²) < 4.78 is 5.52. The van der Waals surface area contributed by atoms with E-state index in [1.165, 1.54) is 55.9 Å². The molecule has 2 nitrogen and oxygen atoms in total. The molecular formula is C26H36O2. The molecule has 0 aromatic heterocycles. The average Bonchev–Trinajstić information content (AvgIpc) is 2.72. The lowest BCUT2D eigenvalue weighted by Gasteiger charge is -2.29. The van der Waals surface area contributed by atoms with E-state index in [2.05, 4.69) is 38.1 Å². The first-order valence-corrected chi connectivity index (χ1v) is 11.4. The smallest absolute Gasteiger partial charge is 0.311 e. The van der Waals surface area contributed by atoms with E-state index in [0.29, 0.717) is 18.1 Å². The summed E-state index contributed by atoms with van der Waals surface area (Å²) in [4.78, 5) is 12.0. The molecule has 0 aliphatic heterocycles. The third-order valence-corrected chi connectivity index (χ3v) is 6.34. The molecule has 0 heterocycles. The van der Waals surface area contributed by atoms with Crippen molar-refractivity contribution in [2.75, 3.05) is 0 Å². The van der Waals surface area contributed by atoms with Gasteiger partial charge in [-0.25, -0.2) is 0 Å². The maximum absolute atomic E-state index is 12.0. The van der Waals surface area contributed by atoms with Gasteiger partial charge in [0, 0.05) is 6.42 Å². The van der Waals surface area contributed by atoms with E-state index in [4.69, 9.17) is 4.74 Å². The van der Waals surface area contributed by atoms with Crippen LogP contribution >= 0.6 is 0 Å². The third kappa shape index (κ3) is 5.83. The van der Waals surface area contributed by atoms with Crippen LogP contribution in [0.5, 0.6) is 5.75 Å². The summed E-state index contributed by atoms with van der Waals surface area (Å²) >= 11 is 0. The molecule has 0 saturated heterocycles. The quantitative estimate of drug-likeness (QED) is 0.252. The van der Waals surface area contributed by atoms with Crippen LogP contribution in [0.25, 0.3) is 10.8 Å². The lowest BCUT2D eigenvalue weighted by atomic mass is 9.77. The number of unbranched alkanes of at least 4 members (excludes halogenated alkanes) is 3. The molecule has 0 unspecified atom stereocenters. The van der Waals surface area contributed by atoms with Crippen LogP contribution in [0, 0.1) is 5.92 Å². The monoisotopic (exact) mass is 380 g/mol. The zero-order chi connectivity index (χ0) is 19.8. The summed E-state index contributed by atoms with van der Waals surface area (Å²) in [5.41, 5.74) is 1.48. The highest BCUT2D eigenvalue weighted by molar-refractivity contribution is 5.85. The molecule has 0 N–H and O–H groups in total. The summed E-state index contributed by atoms with van der Waals surface area (Å²) in [6, 6.07) is 12.9. The molecule has 2 aromatic carbocycles. The van der Waals surface area contributed by atoms with E-state index in [1.807, 2.05) is 12.1 Å².